The van der Waals surface area contributed by atoms with Gasteiger partial charge in [0.2, 0.25) is 5.89 Å². The molecule has 0 unspecified atom stereocenters. The van der Waals surface area contributed by atoms with Crippen molar-refractivity contribution in [3.63, 3.8) is 0 Å². The minimum absolute atomic E-state index is 0.446. The predicted octanol–water partition coefficient (Wildman–Crippen LogP) is 1.30. The van der Waals surface area contributed by atoms with Crippen LogP contribution in [-0.2, 0) is 11.2 Å². The van der Waals surface area contributed by atoms with Crippen molar-refractivity contribution in [3.8, 4) is 0 Å². The highest BCUT2D eigenvalue weighted by Gasteiger charge is 2.03. The molecule has 0 saturated carbocycles. The van der Waals surface area contributed by atoms with Crippen molar-refractivity contribution in [2.45, 2.75) is 12.8 Å². The normalized spacial score (nSPS) is 10.4. The van der Waals surface area contributed by atoms with Crippen LogP contribution in [0.2, 0.25) is 0 Å². The predicted molar refractivity (Wildman–Crippen MR) is 53.7 cm³/mol. The fourth-order valence-electron chi connectivity index (χ4n) is 0.919. The Morgan fingerprint density at radius 3 is 3.07 bits per heavy atom. The van der Waals surface area contributed by atoms with Crippen molar-refractivity contribution in [2.75, 3.05) is 31.5 Å². The molecular weight excluding hydrogens is 206 g/mol. The molecule has 0 aliphatic heterocycles. The first kappa shape index (κ1) is 11.3. The monoisotopic (exact) mass is 219 g/mol. The summed E-state index contributed by atoms with van der Waals surface area (Å²) in [4.78, 5) is 0. The summed E-state index contributed by atoms with van der Waals surface area (Å²) >= 11 is 5.53. The number of anilines is 1. The summed E-state index contributed by atoms with van der Waals surface area (Å²) < 4.78 is 10.1. The number of alkyl halides is 1. The molecule has 0 spiro atoms. The molecule has 0 saturated heterocycles. The van der Waals surface area contributed by atoms with Gasteiger partial charge in [0, 0.05) is 32.6 Å². The van der Waals surface area contributed by atoms with E-state index in [1.54, 1.807) is 7.11 Å². The second-order valence-electron chi connectivity index (χ2n) is 2.71. The fourth-order valence-corrected chi connectivity index (χ4v) is 1.08. The standard InChI is InChI=1S/C8H14ClN3O2/c1-13-6-2-5-10-8-12-11-7(14-8)3-4-9/h2-6H2,1H3,(H,10,12). The lowest BCUT2D eigenvalue weighted by Gasteiger charge is -1.99. The lowest BCUT2D eigenvalue weighted by atomic mass is 10.4. The largest absolute Gasteiger partial charge is 0.408 e. The lowest BCUT2D eigenvalue weighted by Crippen LogP contribution is -2.04. The Bertz CT molecular complexity index is 254. The number of ether oxygens (including phenoxy) is 1. The van der Waals surface area contributed by atoms with E-state index >= 15 is 0 Å². The second-order valence-corrected chi connectivity index (χ2v) is 3.09. The van der Waals surface area contributed by atoms with Gasteiger partial charge in [-0.2, -0.15) is 0 Å². The SMILES string of the molecule is COCCCNc1nnc(CCCl)o1. The molecule has 1 aromatic rings. The average Bonchev–Trinajstić information content (AvgIpc) is 2.61. The Balaban J connectivity index is 2.22. The minimum Gasteiger partial charge on any atom is -0.408 e. The van der Waals surface area contributed by atoms with Gasteiger partial charge in [-0.15, -0.1) is 16.7 Å². The number of methoxy groups -OCH3 is 1. The van der Waals surface area contributed by atoms with E-state index in [0.29, 0.717) is 24.2 Å². The number of aromatic nitrogens is 2. The van der Waals surface area contributed by atoms with Gasteiger partial charge in [-0.1, -0.05) is 5.10 Å². The van der Waals surface area contributed by atoms with Gasteiger partial charge in [0.15, 0.2) is 0 Å². The molecule has 5 nitrogen and oxygen atoms in total. The first-order chi connectivity index (χ1) is 6.86. The van der Waals surface area contributed by atoms with E-state index in [0.717, 1.165) is 19.6 Å². The third kappa shape index (κ3) is 3.93. The summed E-state index contributed by atoms with van der Waals surface area (Å²) in [7, 11) is 1.67. The lowest BCUT2D eigenvalue weighted by molar-refractivity contribution is 0.197. The topological polar surface area (TPSA) is 60.2 Å². The van der Waals surface area contributed by atoms with Gasteiger partial charge in [-0.3, -0.25) is 0 Å². The Morgan fingerprint density at radius 1 is 1.50 bits per heavy atom. The van der Waals surface area contributed by atoms with Crippen LogP contribution in [0.15, 0.2) is 4.42 Å². The number of aryl methyl sites for hydroxylation is 1. The van der Waals surface area contributed by atoms with Crippen LogP contribution in [0.3, 0.4) is 0 Å². The van der Waals surface area contributed by atoms with Crippen LogP contribution in [0.25, 0.3) is 0 Å². The maximum atomic E-state index is 5.53. The molecule has 1 heterocycles. The van der Waals surface area contributed by atoms with E-state index in [4.69, 9.17) is 20.8 Å². The highest BCUT2D eigenvalue weighted by molar-refractivity contribution is 6.17. The third-order valence-electron chi connectivity index (χ3n) is 1.58. The second kappa shape index (κ2) is 6.62. The number of halogens is 1. The number of rotatable bonds is 7. The van der Waals surface area contributed by atoms with E-state index in [9.17, 15) is 0 Å². The molecular formula is C8H14ClN3O2. The van der Waals surface area contributed by atoms with Crippen molar-refractivity contribution >= 4 is 17.6 Å². The molecule has 1 rings (SSSR count). The summed E-state index contributed by atoms with van der Waals surface area (Å²) in [6.07, 6.45) is 1.51. The van der Waals surface area contributed by atoms with Crippen molar-refractivity contribution in [1.29, 1.82) is 0 Å². The fraction of sp³-hybridized carbons (Fsp3) is 0.750. The van der Waals surface area contributed by atoms with Crippen LogP contribution in [-0.4, -0.2) is 36.3 Å². The molecule has 0 aromatic carbocycles. The highest BCUT2D eigenvalue weighted by atomic mass is 35.5. The van der Waals surface area contributed by atoms with E-state index < -0.39 is 0 Å². The van der Waals surface area contributed by atoms with Gasteiger partial charge in [-0.05, 0) is 6.42 Å². The smallest absolute Gasteiger partial charge is 0.315 e. The molecule has 0 radical (unpaired) electrons. The molecule has 0 aliphatic rings. The van der Waals surface area contributed by atoms with Crippen molar-refractivity contribution < 1.29 is 9.15 Å². The average molecular weight is 220 g/mol. The summed E-state index contributed by atoms with van der Waals surface area (Å²) in [5.74, 6) is 1.06. The molecule has 0 atom stereocenters. The number of hydrogen-bond donors (Lipinski definition) is 1. The summed E-state index contributed by atoms with van der Waals surface area (Å²) in [5, 5.41) is 10.6. The first-order valence-electron chi connectivity index (χ1n) is 4.48. The van der Waals surface area contributed by atoms with E-state index in [-0.39, 0.29) is 0 Å². The van der Waals surface area contributed by atoms with Gasteiger partial charge in [-0.25, -0.2) is 0 Å². The van der Waals surface area contributed by atoms with Gasteiger partial charge >= 0.3 is 6.01 Å². The van der Waals surface area contributed by atoms with Gasteiger partial charge in [0.05, 0.1) is 0 Å². The Labute approximate surface area is 87.8 Å². The van der Waals surface area contributed by atoms with E-state index in [1.807, 2.05) is 0 Å². The molecule has 0 aliphatic carbocycles. The summed E-state index contributed by atoms with van der Waals surface area (Å²) in [6.45, 7) is 1.48. The Kier molecular flexibility index (Phi) is 5.32. The van der Waals surface area contributed by atoms with Crippen molar-refractivity contribution in [3.05, 3.63) is 5.89 Å². The van der Waals surface area contributed by atoms with Crippen LogP contribution < -0.4 is 5.32 Å². The molecule has 80 valence electrons. The maximum Gasteiger partial charge on any atom is 0.315 e. The highest BCUT2D eigenvalue weighted by Crippen LogP contribution is 2.06. The first-order valence-corrected chi connectivity index (χ1v) is 5.01. The summed E-state index contributed by atoms with van der Waals surface area (Å²) in [5.41, 5.74) is 0. The molecule has 0 bridgehead atoms. The van der Waals surface area contributed by atoms with Gasteiger partial charge < -0.3 is 14.5 Å². The molecule has 14 heavy (non-hydrogen) atoms. The minimum atomic E-state index is 0.446. The quantitative estimate of drug-likeness (QED) is 0.553. The molecule has 1 N–H and O–H groups in total. The van der Waals surface area contributed by atoms with E-state index in [1.165, 1.54) is 0 Å². The van der Waals surface area contributed by atoms with Crippen LogP contribution in [0.5, 0.6) is 0 Å². The molecule has 6 heteroatoms. The van der Waals surface area contributed by atoms with Crippen LogP contribution >= 0.6 is 11.6 Å². The zero-order valence-electron chi connectivity index (χ0n) is 8.12. The Hall–Kier alpha value is -0.810. The Morgan fingerprint density at radius 2 is 2.36 bits per heavy atom. The van der Waals surface area contributed by atoms with E-state index in [2.05, 4.69) is 15.5 Å². The molecule has 0 amide bonds. The molecule has 1 aromatic heterocycles. The number of nitrogens with zero attached hydrogens (tertiary/aromatic N) is 2. The number of nitrogens with one attached hydrogen (secondary N) is 1. The van der Waals surface area contributed by atoms with Crippen LogP contribution in [0.4, 0.5) is 6.01 Å². The van der Waals surface area contributed by atoms with Gasteiger partial charge in [0.25, 0.3) is 0 Å². The maximum absolute atomic E-state index is 5.53. The van der Waals surface area contributed by atoms with Crippen LogP contribution in [0.1, 0.15) is 12.3 Å². The third-order valence-corrected chi connectivity index (χ3v) is 1.77. The zero-order valence-corrected chi connectivity index (χ0v) is 8.88. The van der Waals surface area contributed by atoms with Crippen LogP contribution in [0, 0.1) is 0 Å². The van der Waals surface area contributed by atoms with Crippen molar-refractivity contribution in [2.24, 2.45) is 0 Å². The summed E-state index contributed by atoms with van der Waals surface area (Å²) in [6, 6.07) is 0.446. The number of hydrogen-bond acceptors (Lipinski definition) is 5. The van der Waals surface area contributed by atoms with Crippen molar-refractivity contribution in [1.82, 2.24) is 10.2 Å². The zero-order chi connectivity index (χ0) is 10.2. The molecule has 0 fully saturated rings. The van der Waals surface area contributed by atoms with Gasteiger partial charge in [0.1, 0.15) is 0 Å².